The molecule has 0 aliphatic heterocycles. The minimum absolute atomic E-state index is 0.0868. The van der Waals surface area contributed by atoms with Gasteiger partial charge in [-0.2, -0.15) is 11.8 Å². The average molecular weight is 342 g/mol. The Labute approximate surface area is 144 Å². The van der Waals surface area contributed by atoms with Crippen molar-refractivity contribution in [1.82, 2.24) is 5.32 Å². The van der Waals surface area contributed by atoms with Crippen LogP contribution in [0.15, 0.2) is 24.3 Å². The first-order valence-corrected chi connectivity index (χ1v) is 9.17. The summed E-state index contributed by atoms with van der Waals surface area (Å²) in [5.41, 5.74) is 0.691. The van der Waals surface area contributed by atoms with Crippen molar-refractivity contribution in [3.8, 4) is 0 Å². The minimum atomic E-state index is -0.339. The van der Waals surface area contributed by atoms with E-state index in [4.69, 9.17) is 11.6 Å². The topological polar surface area (TPSA) is 29.1 Å². The molecule has 2 nitrogen and oxygen atoms in total. The van der Waals surface area contributed by atoms with Crippen LogP contribution in [0.3, 0.4) is 0 Å². The Kier molecular flexibility index (Phi) is 6.97. The van der Waals surface area contributed by atoms with Crippen LogP contribution in [0.25, 0.3) is 0 Å². The van der Waals surface area contributed by atoms with Crippen LogP contribution in [-0.4, -0.2) is 23.1 Å². The molecule has 0 aromatic heterocycles. The van der Waals surface area contributed by atoms with Crippen molar-refractivity contribution in [3.63, 3.8) is 0 Å². The third kappa shape index (κ3) is 6.72. The second-order valence-electron chi connectivity index (χ2n) is 7.67. The van der Waals surface area contributed by atoms with Crippen LogP contribution < -0.4 is 5.32 Å². The van der Waals surface area contributed by atoms with E-state index in [1.54, 1.807) is 11.8 Å². The molecular formula is C18H28ClNOS. The van der Waals surface area contributed by atoms with Gasteiger partial charge in [0.05, 0.1) is 6.04 Å². The second kappa shape index (κ2) is 7.85. The van der Waals surface area contributed by atoms with Gasteiger partial charge in [-0.15, -0.1) is 0 Å². The SMILES string of the molecule is CC(C)(C)NC(CSCc1ccccc1Cl)C(=O)C(C)(C)C. The lowest BCUT2D eigenvalue weighted by Gasteiger charge is -2.31. The van der Waals surface area contributed by atoms with Crippen molar-refractivity contribution in [3.05, 3.63) is 34.9 Å². The van der Waals surface area contributed by atoms with Gasteiger partial charge < -0.3 is 5.32 Å². The van der Waals surface area contributed by atoms with E-state index in [0.29, 0.717) is 0 Å². The van der Waals surface area contributed by atoms with Crippen LogP contribution in [-0.2, 0) is 10.5 Å². The molecule has 1 N–H and O–H groups in total. The smallest absolute Gasteiger partial charge is 0.155 e. The Morgan fingerprint density at radius 3 is 2.27 bits per heavy atom. The number of carbonyl (C=O) groups is 1. The quantitative estimate of drug-likeness (QED) is 0.794. The van der Waals surface area contributed by atoms with Gasteiger partial charge in [0, 0.05) is 27.5 Å². The first-order valence-electron chi connectivity index (χ1n) is 7.64. The highest BCUT2D eigenvalue weighted by molar-refractivity contribution is 7.98. The number of nitrogens with one attached hydrogen (secondary N) is 1. The third-order valence-electron chi connectivity index (χ3n) is 3.16. The van der Waals surface area contributed by atoms with Crippen molar-refractivity contribution < 1.29 is 4.79 Å². The van der Waals surface area contributed by atoms with Gasteiger partial charge in [-0.25, -0.2) is 0 Å². The molecule has 0 amide bonds. The van der Waals surface area contributed by atoms with Crippen molar-refractivity contribution in [2.24, 2.45) is 5.41 Å². The predicted molar refractivity (Wildman–Crippen MR) is 98.8 cm³/mol. The summed E-state index contributed by atoms with van der Waals surface area (Å²) in [6, 6.07) is 7.72. The van der Waals surface area contributed by atoms with Crippen LogP contribution >= 0.6 is 23.4 Å². The molecule has 22 heavy (non-hydrogen) atoms. The van der Waals surface area contributed by atoms with E-state index in [9.17, 15) is 4.79 Å². The van der Waals surface area contributed by atoms with Crippen LogP contribution in [0.4, 0.5) is 0 Å². The number of halogens is 1. The Morgan fingerprint density at radius 1 is 1.18 bits per heavy atom. The number of carbonyl (C=O) groups excluding carboxylic acids is 1. The fraction of sp³-hybridized carbons (Fsp3) is 0.611. The lowest BCUT2D eigenvalue weighted by Crippen LogP contribution is -2.52. The van der Waals surface area contributed by atoms with Crippen LogP contribution in [0.5, 0.6) is 0 Å². The first-order chi connectivity index (χ1) is 10.0. The maximum Gasteiger partial charge on any atom is 0.155 e. The van der Waals surface area contributed by atoms with Crippen molar-refractivity contribution in [2.75, 3.05) is 5.75 Å². The molecule has 0 radical (unpaired) electrons. The molecule has 1 aromatic carbocycles. The summed E-state index contributed by atoms with van der Waals surface area (Å²) in [5.74, 6) is 1.83. The van der Waals surface area contributed by atoms with Crippen LogP contribution in [0.1, 0.15) is 47.1 Å². The Bertz CT molecular complexity index is 503. The molecule has 1 aromatic rings. The first kappa shape index (κ1) is 19.5. The fourth-order valence-corrected chi connectivity index (χ4v) is 3.47. The Balaban J connectivity index is 2.69. The van der Waals surface area contributed by atoms with E-state index < -0.39 is 0 Å². The molecule has 0 heterocycles. The predicted octanol–water partition coefficient (Wildman–Crippen LogP) is 4.95. The molecule has 124 valence electrons. The normalized spacial score (nSPS) is 14.0. The van der Waals surface area contributed by atoms with Gasteiger partial charge in [0.25, 0.3) is 0 Å². The standard InChI is InChI=1S/C18H28ClNOS/c1-17(2,3)16(21)15(20-18(4,5)6)12-22-11-13-9-7-8-10-14(13)19/h7-10,15,20H,11-12H2,1-6H3. The van der Waals surface area contributed by atoms with E-state index in [1.165, 1.54) is 0 Å². The number of hydrogen-bond donors (Lipinski definition) is 1. The highest BCUT2D eigenvalue weighted by Gasteiger charge is 2.31. The molecule has 4 heteroatoms. The summed E-state index contributed by atoms with van der Waals surface area (Å²) < 4.78 is 0. The molecule has 0 aliphatic carbocycles. The monoisotopic (exact) mass is 341 g/mol. The number of ketones is 1. The number of rotatable bonds is 6. The van der Waals surface area contributed by atoms with E-state index in [0.717, 1.165) is 22.1 Å². The second-order valence-corrected chi connectivity index (χ2v) is 9.11. The summed E-state index contributed by atoms with van der Waals surface area (Å²) in [7, 11) is 0. The van der Waals surface area contributed by atoms with Gasteiger partial charge >= 0.3 is 0 Å². The summed E-state index contributed by atoms with van der Waals surface area (Å²) in [4.78, 5) is 12.6. The average Bonchev–Trinajstić information content (AvgIpc) is 2.36. The minimum Gasteiger partial charge on any atom is -0.302 e. The molecule has 1 rings (SSSR count). The molecular weight excluding hydrogens is 314 g/mol. The molecule has 0 fully saturated rings. The summed E-state index contributed by atoms with van der Waals surface area (Å²) in [5, 5.41) is 4.25. The molecule has 0 aliphatic rings. The van der Waals surface area contributed by atoms with Gasteiger partial charge in [0.1, 0.15) is 0 Å². The van der Waals surface area contributed by atoms with E-state index in [-0.39, 0.29) is 22.8 Å². The summed E-state index contributed by atoms with van der Waals surface area (Å²) in [6.07, 6.45) is 0. The highest BCUT2D eigenvalue weighted by Crippen LogP contribution is 2.24. The Hall–Kier alpha value is -0.510. The zero-order chi connectivity index (χ0) is 17.0. The van der Waals surface area contributed by atoms with E-state index in [1.807, 2.05) is 45.0 Å². The maximum atomic E-state index is 12.6. The third-order valence-corrected chi connectivity index (χ3v) is 4.62. The zero-order valence-electron chi connectivity index (χ0n) is 14.5. The largest absolute Gasteiger partial charge is 0.302 e. The van der Waals surface area contributed by atoms with Crippen molar-refractivity contribution >= 4 is 29.1 Å². The lowest BCUT2D eigenvalue weighted by molar-refractivity contribution is -0.128. The molecule has 0 saturated heterocycles. The molecule has 1 unspecified atom stereocenters. The summed E-state index contributed by atoms with van der Waals surface area (Å²) >= 11 is 7.93. The zero-order valence-corrected chi connectivity index (χ0v) is 16.1. The molecule has 0 bridgehead atoms. The lowest BCUT2D eigenvalue weighted by atomic mass is 9.86. The number of benzene rings is 1. The van der Waals surface area contributed by atoms with Crippen LogP contribution in [0.2, 0.25) is 5.02 Å². The van der Waals surface area contributed by atoms with Gasteiger partial charge in [-0.3, -0.25) is 4.79 Å². The van der Waals surface area contributed by atoms with Crippen molar-refractivity contribution in [1.29, 1.82) is 0 Å². The fourth-order valence-electron chi connectivity index (χ4n) is 2.13. The highest BCUT2D eigenvalue weighted by atomic mass is 35.5. The van der Waals surface area contributed by atoms with Gasteiger partial charge in [0.15, 0.2) is 5.78 Å². The number of thioether (sulfide) groups is 1. The van der Waals surface area contributed by atoms with Gasteiger partial charge in [-0.05, 0) is 32.4 Å². The molecule has 0 saturated carbocycles. The maximum absolute atomic E-state index is 12.6. The summed E-state index contributed by atoms with van der Waals surface area (Å²) in [6.45, 7) is 12.2. The van der Waals surface area contributed by atoms with Crippen molar-refractivity contribution in [2.45, 2.75) is 58.9 Å². The Morgan fingerprint density at radius 2 is 1.77 bits per heavy atom. The van der Waals surface area contributed by atoms with Crippen LogP contribution in [0, 0.1) is 5.41 Å². The van der Waals surface area contributed by atoms with E-state index in [2.05, 4.69) is 26.1 Å². The molecule has 0 spiro atoms. The molecule has 1 atom stereocenters. The number of hydrogen-bond acceptors (Lipinski definition) is 3. The van der Waals surface area contributed by atoms with Gasteiger partial charge in [-0.1, -0.05) is 50.6 Å². The number of Topliss-reactive ketones (excluding diaryl/α,β-unsaturated/α-hetero) is 1. The van der Waals surface area contributed by atoms with E-state index >= 15 is 0 Å². The van der Waals surface area contributed by atoms with Gasteiger partial charge in [0.2, 0.25) is 0 Å².